The molecule has 2 unspecified atom stereocenters. The van der Waals surface area contributed by atoms with E-state index in [-0.39, 0.29) is 22.6 Å². The molecular weight excluding hydrogens is 370 g/mol. The van der Waals surface area contributed by atoms with Gasteiger partial charge in [-0.2, -0.15) is 0 Å². The third-order valence-corrected chi connectivity index (χ3v) is 5.97. The minimum atomic E-state index is -0.608. The van der Waals surface area contributed by atoms with Crippen LogP contribution in [0.3, 0.4) is 0 Å². The van der Waals surface area contributed by atoms with Crippen LogP contribution < -0.4 is 5.32 Å². The lowest BCUT2D eigenvalue weighted by Crippen LogP contribution is -2.38. The fourth-order valence-corrected chi connectivity index (χ4v) is 4.59. The molecule has 5 heteroatoms. The zero-order chi connectivity index (χ0) is 20.2. The van der Waals surface area contributed by atoms with Gasteiger partial charge in [0.1, 0.15) is 11.6 Å². The number of fused-ring (bicyclic) bond motifs is 1. The van der Waals surface area contributed by atoms with E-state index >= 15 is 0 Å². The number of aryl methyl sites for hydroxylation is 2. The van der Waals surface area contributed by atoms with Crippen molar-refractivity contribution in [2.45, 2.75) is 63.3 Å². The quantitative estimate of drug-likeness (QED) is 0.683. The van der Waals surface area contributed by atoms with Crippen LogP contribution in [0.1, 0.15) is 71.1 Å². The molecule has 2 aliphatic rings. The Morgan fingerprint density at radius 3 is 2.86 bits per heavy atom. The molecule has 1 fully saturated rings. The van der Waals surface area contributed by atoms with Gasteiger partial charge in [0.05, 0.1) is 5.69 Å². The van der Waals surface area contributed by atoms with E-state index in [0.717, 1.165) is 50.3 Å². The van der Waals surface area contributed by atoms with E-state index in [1.807, 2.05) is 6.20 Å². The number of aromatic nitrogens is 1. The number of hydrogen-bond donors (Lipinski definition) is 1. The first kappa shape index (κ1) is 19.7. The Hall–Kier alpha value is -2.56. The number of pyridine rings is 1. The number of rotatable bonds is 5. The van der Waals surface area contributed by atoms with E-state index in [4.69, 9.17) is 0 Å². The molecule has 2 atom stereocenters. The molecule has 29 heavy (non-hydrogen) atoms. The molecule has 1 heterocycles. The van der Waals surface area contributed by atoms with E-state index in [0.29, 0.717) is 17.9 Å². The molecule has 0 radical (unpaired) electrons. The predicted molar refractivity (Wildman–Crippen MR) is 116 cm³/mol. The summed E-state index contributed by atoms with van der Waals surface area (Å²) < 4.78 is 26.6. The molecule has 2 aromatic rings. The molecule has 4 rings (SSSR count). The smallest absolute Gasteiger partial charge is 0.220 e. The second-order valence-corrected chi connectivity index (χ2v) is 8.12. The predicted octanol–water partition coefficient (Wildman–Crippen LogP) is 5.83. The Bertz CT molecular complexity index is 919. The largest absolute Gasteiger partial charge is 0.353 e. The molecule has 0 aliphatic heterocycles. The molecule has 1 saturated carbocycles. The van der Waals surface area contributed by atoms with Crippen LogP contribution in [0.5, 0.6) is 0 Å². The highest BCUT2D eigenvalue weighted by Gasteiger charge is 2.27. The van der Waals surface area contributed by atoms with Crippen molar-refractivity contribution >= 4 is 12.0 Å². The molecule has 1 N–H and O–H groups in total. The van der Waals surface area contributed by atoms with Gasteiger partial charge in [-0.25, -0.2) is 8.78 Å². The van der Waals surface area contributed by atoms with Crippen LogP contribution >= 0.6 is 0 Å². The van der Waals surface area contributed by atoms with Crippen molar-refractivity contribution in [1.82, 2.24) is 10.3 Å². The number of nitrogens with zero attached hydrogens (tertiary/aromatic N) is 1. The van der Waals surface area contributed by atoms with Gasteiger partial charge in [0.2, 0.25) is 5.91 Å². The van der Waals surface area contributed by atoms with Gasteiger partial charge in [0.25, 0.3) is 0 Å². The zero-order valence-corrected chi connectivity index (χ0v) is 16.5. The second-order valence-electron chi connectivity index (χ2n) is 8.12. The average Bonchev–Trinajstić information content (AvgIpc) is 2.71. The fourth-order valence-electron chi connectivity index (χ4n) is 4.59. The van der Waals surface area contributed by atoms with Gasteiger partial charge in [-0.3, -0.25) is 9.78 Å². The van der Waals surface area contributed by atoms with Crippen LogP contribution in [-0.2, 0) is 17.6 Å². The first-order valence-electron chi connectivity index (χ1n) is 10.5. The molecular formula is C24H32F2N2O. The summed E-state index contributed by atoms with van der Waals surface area (Å²) in [5.74, 6) is -0.932. The lowest BCUT2D eigenvalue weighted by atomic mass is 9.80. The van der Waals surface area contributed by atoms with Crippen LogP contribution in [0, 0.1) is 11.6 Å². The molecule has 1 aromatic carbocycles. The zero-order valence-electron chi connectivity index (χ0n) is 16.5. The summed E-state index contributed by atoms with van der Waals surface area (Å²) in [4.78, 5) is 17.1. The Morgan fingerprint density at radius 1 is 1.21 bits per heavy atom. The van der Waals surface area contributed by atoms with E-state index in [2.05, 4.69) is 28.5 Å². The molecule has 0 bridgehead atoms. The maximum absolute atomic E-state index is 13.3. The Kier molecular flexibility index (Phi) is 6.02. The summed E-state index contributed by atoms with van der Waals surface area (Å²) in [7, 11) is 0. The Labute approximate surface area is 174 Å². The van der Waals surface area contributed by atoms with Gasteiger partial charge in [-0.15, -0.1) is 0 Å². The van der Waals surface area contributed by atoms with Gasteiger partial charge in [0, 0.05) is 34.9 Å². The third kappa shape index (κ3) is 4.89. The molecule has 3 nitrogen and oxygen atoms in total. The number of nitrogens with one attached hydrogen (secondary N) is 1. The second kappa shape index (κ2) is 8.85. The van der Waals surface area contributed by atoms with Crippen molar-refractivity contribution in [2.24, 2.45) is 0 Å². The van der Waals surface area contributed by atoms with Gasteiger partial charge in [0.15, 0.2) is 0 Å². The summed E-state index contributed by atoms with van der Waals surface area (Å²) in [6, 6.07) is 5.64. The number of hydrogen-bond acceptors (Lipinski definition) is 2. The highest BCUT2D eigenvalue weighted by molar-refractivity contribution is 5.76. The number of benzene rings is 1. The molecule has 0 spiro atoms. The van der Waals surface area contributed by atoms with Crippen LogP contribution in [0.25, 0.3) is 6.08 Å². The Balaban J connectivity index is 0.00000171. The van der Waals surface area contributed by atoms with Crippen LogP contribution in [0.4, 0.5) is 8.78 Å². The first-order chi connectivity index (χ1) is 14.1. The number of carbonyl (C=O) groups excluding carboxylic acids is 1. The monoisotopic (exact) mass is 402 g/mol. The van der Waals surface area contributed by atoms with Crippen LogP contribution in [-0.4, -0.2) is 16.9 Å². The maximum Gasteiger partial charge on any atom is 0.220 e. The summed E-state index contributed by atoms with van der Waals surface area (Å²) >= 11 is 0. The Morgan fingerprint density at radius 2 is 2.03 bits per heavy atom. The maximum atomic E-state index is 13.3. The van der Waals surface area contributed by atoms with Gasteiger partial charge >= 0.3 is 0 Å². The van der Waals surface area contributed by atoms with Crippen molar-refractivity contribution in [3.8, 4) is 0 Å². The highest BCUT2D eigenvalue weighted by Crippen LogP contribution is 2.36. The molecule has 0 saturated heterocycles. The average molecular weight is 403 g/mol. The normalized spacial score (nSPS) is 20.9. The molecule has 158 valence electrons. The third-order valence-electron chi connectivity index (χ3n) is 5.97. The molecule has 1 aromatic heterocycles. The van der Waals surface area contributed by atoms with Crippen molar-refractivity contribution in [3.63, 3.8) is 0 Å². The fraction of sp³-hybridized carbons (Fsp3) is 0.417. The van der Waals surface area contributed by atoms with Crippen molar-refractivity contribution in [3.05, 3.63) is 70.6 Å². The van der Waals surface area contributed by atoms with E-state index in [9.17, 15) is 13.6 Å². The minimum Gasteiger partial charge on any atom is -0.353 e. The first-order valence-corrected chi connectivity index (χ1v) is 10.5. The van der Waals surface area contributed by atoms with Crippen LogP contribution in [0.2, 0.25) is 0 Å². The van der Waals surface area contributed by atoms with E-state index in [1.165, 1.54) is 23.3 Å². The minimum absolute atomic E-state index is 0. The molecule has 2 aliphatic carbocycles. The van der Waals surface area contributed by atoms with E-state index < -0.39 is 11.6 Å². The van der Waals surface area contributed by atoms with E-state index in [1.54, 1.807) is 0 Å². The summed E-state index contributed by atoms with van der Waals surface area (Å²) in [6.45, 7) is 0. The highest BCUT2D eigenvalue weighted by atomic mass is 19.1. The number of halogens is 2. The van der Waals surface area contributed by atoms with Crippen molar-refractivity contribution < 1.29 is 17.9 Å². The van der Waals surface area contributed by atoms with Crippen molar-refractivity contribution in [1.29, 1.82) is 0 Å². The van der Waals surface area contributed by atoms with Gasteiger partial charge in [-0.1, -0.05) is 18.6 Å². The van der Waals surface area contributed by atoms with Crippen LogP contribution in [0.15, 0.2) is 36.5 Å². The summed E-state index contributed by atoms with van der Waals surface area (Å²) in [6.07, 6.45) is 13.0. The van der Waals surface area contributed by atoms with Gasteiger partial charge in [-0.05, 0) is 73.4 Å². The van der Waals surface area contributed by atoms with Gasteiger partial charge < -0.3 is 5.32 Å². The standard InChI is InChI=1S/C24H26F2N2O.3H2/c25-19-12-16(13-20(26)15-19)8-9-23(29)28-21-6-3-5-18(14-21)24-22-7-2-1-4-17(22)10-11-27-24;;;/h2,7,10-13,15,18,21H,1,3-6,8-9,14H2,(H,28,29);3*1H. The molecule has 1 amide bonds. The summed E-state index contributed by atoms with van der Waals surface area (Å²) in [5, 5.41) is 3.13. The topological polar surface area (TPSA) is 42.0 Å². The summed E-state index contributed by atoms with van der Waals surface area (Å²) in [5.41, 5.74) is 4.30. The number of amides is 1. The number of allylic oxidation sites excluding steroid dienone is 1. The SMILES string of the molecule is O=C(CCc1cc(F)cc(F)c1)NC1CCCC(c2nccc3c2C=CCC3)C1.[HH].[HH].[HH]. The van der Waals surface area contributed by atoms with Crippen molar-refractivity contribution in [2.75, 3.05) is 0 Å². The number of carbonyl (C=O) groups is 1. The lowest BCUT2D eigenvalue weighted by molar-refractivity contribution is -0.122. The lowest BCUT2D eigenvalue weighted by Gasteiger charge is -2.31.